The van der Waals surface area contributed by atoms with Crippen molar-refractivity contribution in [3.05, 3.63) is 70.6 Å². The highest BCUT2D eigenvalue weighted by molar-refractivity contribution is 6.30. The summed E-state index contributed by atoms with van der Waals surface area (Å²) in [6, 6.07) is 11.3. The normalized spacial score (nSPS) is 18.3. The number of aliphatic imine (C=N–C) groups is 1. The molecule has 0 fully saturated rings. The topological polar surface area (TPSA) is 96.0 Å². The third kappa shape index (κ3) is 3.33. The van der Waals surface area contributed by atoms with E-state index in [0.717, 1.165) is 0 Å². The van der Waals surface area contributed by atoms with Gasteiger partial charge in [0.2, 0.25) is 5.88 Å². The second kappa shape index (κ2) is 7.49. The number of pyridine rings is 1. The maximum absolute atomic E-state index is 14.5. The van der Waals surface area contributed by atoms with Crippen LogP contribution in [0.1, 0.15) is 18.1 Å². The summed E-state index contributed by atoms with van der Waals surface area (Å²) in [4.78, 5) is 20.2. The number of carbonyl (C=O) groups excluding carboxylic acids is 1. The summed E-state index contributed by atoms with van der Waals surface area (Å²) < 4.78 is 31.6. The van der Waals surface area contributed by atoms with E-state index in [1.54, 1.807) is 30.3 Å². The lowest BCUT2D eigenvalue weighted by atomic mass is 9.81. The van der Waals surface area contributed by atoms with Gasteiger partial charge in [0.15, 0.2) is 11.3 Å². The quantitative estimate of drug-likeness (QED) is 0.636. The summed E-state index contributed by atoms with van der Waals surface area (Å²) in [7, 11) is 0. The first-order valence-electron chi connectivity index (χ1n) is 9.74. The van der Waals surface area contributed by atoms with Gasteiger partial charge in [0.25, 0.3) is 6.02 Å². The Morgan fingerprint density at radius 1 is 1.25 bits per heavy atom. The highest BCUT2D eigenvalue weighted by Crippen LogP contribution is 2.51. The number of aromatic nitrogens is 1. The van der Waals surface area contributed by atoms with E-state index in [1.165, 1.54) is 25.3 Å². The highest BCUT2D eigenvalue weighted by atomic mass is 35.5. The summed E-state index contributed by atoms with van der Waals surface area (Å²) in [5, 5.41) is 0.415. The van der Waals surface area contributed by atoms with Crippen molar-refractivity contribution in [2.75, 3.05) is 13.2 Å². The summed E-state index contributed by atoms with van der Waals surface area (Å²) in [5.41, 5.74) is 6.96. The molecule has 0 aliphatic carbocycles. The number of nitrogens with zero attached hydrogens (tertiary/aromatic N) is 2. The number of Topliss-reactive ketones (excluding diaryl/α,β-unsaturated/α-hetero) is 1. The largest absolute Gasteiger partial charge is 0.484 e. The summed E-state index contributed by atoms with van der Waals surface area (Å²) in [5.74, 6) is 0.654. The van der Waals surface area contributed by atoms with Gasteiger partial charge < -0.3 is 19.9 Å². The van der Waals surface area contributed by atoms with Gasteiger partial charge in [0.1, 0.15) is 30.5 Å². The van der Waals surface area contributed by atoms with Crippen LogP contribution in [0.3, 0.4) is 0 Å². The lowest BCUT2D eigenvalue weighted by Gasteiger charge is -2.33. The fraction of sp³-hybridized carbons (Fsp3) is 0.174. The van der Waals surface area contributed by atoms with Crippen LogP contribution >= 0.6 is 11.6 Å². The molecule has 3 heterocycles. The minimum absolute atomic E-state index is 0.0122. The first-order chi connectivity index (χ1) is 15.4. The number of benzene rings is 2. The average molecular weight is 454 g/mol. The molecule has 0 saturated heterocycles. The Kier molecular flexibility index (Phi) is 4.74. The van der Waals surface area contributed by atoms with Crippen LogP contribution in [0.4, 0.5) is 4.39 Å². The molecule has 3 aromatic rings. The Hall–Kier alpha value is -3.65. The molecule has 0 amide bonds. The van der Waals surface area contributed by atoms with Gasteiger partial charge in [-0.15, -0.1) is 0 Å². The molecule has 7 nitrogen and oxygen atoms in total. The molecular weight excluding hydrogens is 437 g/mol. The molecule has 1 aromatic heterocycles. The SMILES string of the molecule is CC(=O)COc1cnc2c(c1)C1(COC(N)=N1)c1cc(-c3cc(Cl)ccc3F)ccc1O2. The number of hydrogen-bond acceptors (Lipinski definition) is 7. The number of ketones is 1. The minimum Gasteiger partial charge on any atom is -0.484 e. The van der Waals surface area contributed by atoms with E-state index < -0.39 is 11.4 Å². The Balaban J connectivity index is 1.67. The van der Waals surface area contributed by atoms with Crippen molar-refractivity contribution in [3.8, 4) is 28.5 Å². The van der Waals surface area contributed by atoms with Crippen molar-refractivity contribution in [1.82, 2.24) is 4.98 Å². The van der Waals surface area contributed by atoms with Gasteiger partial charge in [-0.05, 0) is 48.9 Å². The number of nitrogens with two attached hydrogens (primary N) is 1. The second-order valence-corrected chi connectivity index (χ2v) is 7.99. The van der Waals surface area contributed by atoms with E-state index in [2.05, 4.69) is 9.98 Å². The van der Waals surface area contributed by atoms with Gasteiger partial charge in [0, 0.05) is 16.1 Å². The number of halogens is 2. The van der Waals surface area contributed by atoms with Gasteiger partial charge in [-0.25, -0.2) is 14.4 Å². The van der Waals surface area contributed by atoms with E-state index in [1.807, 2.05) is 0 Å². The van der Waals surface area contributed by atoms with E-state index in [-0.39, 0.29) is 25.0 Å². The first-order valence-corrected chi connectivity index (χ1v) is 10.1. The molecule has 5 rings (SSSR count). The number of fused-ring (bicyclic) bond motifs is 4. The number of amidine groups is 1. The molecule has 2 aromatic carbocycles. The number of rotatable bonds is 4. The zero-order valence-corrected chi connectivity index (χ0v) is 17.6. The van der Waals surface area contributed by atoms with Crippen LogP contribution in [-0.2, 0) is 15.1 Å². The third-order valence-electron chi connectivity index (χ3n) is 5.31. The van der Waals surface area contributed by atoms with Crippen molar-refractivity contribution in [2.45, 2.75) is 12.5 Å². The Labute approximate surface area is 187 Å². The first kappa shape index (κ1) is 20.3. The van der Waals surface area contributed by atoms with Crippen molar-refractivity contribution in [1.29, 1.82) is 0 Å². The minimum atomic E-state index is -1.07. The number of carbonyl (C=O) groups is 1. The monoisotopic (exact) mass is 453 g/mol. The lowest BCUT2D eigenvalue weighted by molar-refractivity contribution is -0.118. The van der Waals surface area contributed by atoms with Crippen LogP contribution in [0.15, 0.2) is 53.7 Å². The molecule has 162 valence electrons. The van der Waals surface area contributed by atoms with Crippen LogP contribution in [0.5, 0.6) is 17.4 Å². The standard InChI is InChI=1S/C23H17ClFN3O4/c1-12(29)10-30-15-8-18-21(27-9-15)32-20-5-2-13(16-7-14(24)3-4-19(16)25)6-17(20)23(18)11-31-22(26)28-23/h2-9H,10-11H2,1H3,(H2,26,28). The van der Waals surface area contributed by atoms with Gasteiger partial charge in [-0.3, -0.25) is 4.79 Å². The molecule has 32 heavy (non-hydrogen) atoms. The van der Waals surface area contributed by atoms with Gasteiger partial charge in [-0.2, -0.15) is 0 Å². The summed E-state index contributed by atoms with van der Waals surface area (Å²) >= 11 is 6.09. The molecular formula is C23H17ClFN3O4. The smallest absolute Gasteiger partial charge is 0.283 e. The second-order valence-electron chi connectivity index (χ2n) is 7.55. The van der Waals surface area contributed by atoms with Crippen LogP contribution in [0, 0.1) is 5.82 Å². The molecule has 0 bridgehead atoms. The van der Waals surface area contributed by atoms with Crippen LogP contribution in [0.25, 0.3) is 11.1 Å². The zero-order valence-electron chi connectivity index (χ0n) is 16.9. The molecule has 2 N–H and O–H groups in total. The van der Waals surface area contributed by atoms with Gasteiger partial charge in [0.05, 0.1) is 11.8 Å². The Morgan fingerprint density at radius 2 is 2.09 bits per heavy atom. The van der Waals surface area contributed by atoms with Crippen LogP contribution in [-0.4, -0.2) is 30.0 Å². The van der Waals surface area contributed by atoms with Crippen LogP contribution < -0.4 is 15.2 Å². The fourth-order valence-electron chi connectivity index (χ4n) is 3.86. The molecule has 2 aliphatic rings. The van der Waals surface area contributed by atoms with Crippen molar-refractivity contribution >= 4 is 23.4 Å². The number of hydrogen-bond donors (Lipinski definition) is 1. The highest BCUT2D eigenvalue weighted by Gasteiger charge is 2.48. The predicted molar refractivity (Wildman–Crippen MR) is 116 cm³/mol. The average Bonchev–Trinajstić information content (AvgIpc) is 3.16. The Morgan fingerprint density at radius 3 is 2.84 bits per heavy atom. The molecule has 0 saturated carbocycles. The summed E-state index contributed by atoms with van der Waals surface area (Å²) in [6.07, 6.45) is 1.47. The van der Waals surface area contributed by atoms with Crippen molar-refractivity contribution in [2.24, 2.45) is 10.7 Å². The van der Waals surface area contributed by atoms with Crippen LogP contribution in [0.2, 0.25) is 5.02 Å². The molecule has 0 radical (unpaired) electrons. The van der Waals surface area contributed by atoms with E-state index >= 15 is 0 Å². The van der Waals surface area contributed by atoms with E-state index in [0.29, 0.717) is 44.7 Å². The maximum Gasteiger partial charge on any atom is 0.283 e. The van der Waals surface area contributed by atoms with Crippen molar-refractivity contribution < 1.29 is 23.4 Å². The van der Waals surface area contributed by atoms with Gasteiger partial charge in [-0.1, -0.05) is 17.7 Å². The van der Waals surface area contributed by atoms with E-state index in [4.69, 9.17) is 31.5 Å². The molecule has 1 atom stereocenters. The fourth-order valence-corrected chi connectivity index (χ4v) is 4.03. The zero-order chi connectivity index (χ0) is 22.5. The molecule has 1 unspecified atom stereocenters. The summed E-state index contributed by atoms with van der Waals surface area (Å²) in [6.45, 7) is 1.44. The predicted octanol–water partition coefficient (Wildman–Crippen LogP) is 4.20. The maximum atomic E-state index is 14.5. The van der Waals surface area contributed by atoms with Gasteiger partial charge >= 0.3 is 0 Å². The third-order valence-corrected chi connectivity index (χ3v) is 5.55. The molecule has 9 heteroatoms. The molecule has 1 spiro atoms. The number of ether oxygens (including phenoxy) is 3. The Bertz CT molecular complexity index is 1300. The lowest BCUT2D eigenvalue weighted by Crippen LogP contribution is -2.31. The van der Waals surface area contributed by atoms with Crippen molar-refractivity contribution in [3.63, 3.8) is 0 Å². The van der Waals surface area contributed by atoms with E-state index in [9.17, 15) is 9.18 Å². The molecule has 2 aliphatic heterocycles.